The van der Waals surface area contributed by atoms with Gasteiger partial charge in [-0.25, -0.2) is 8.42 Å². The zero-order valence-corrected chi connectivity index (χ0v) is 21.1. The van der Waals surface area contributed by atoms with Gasteiger partial charge in [-0.3, -0.25) is 9.10 Å². The number of hydrogen-bond acceptors (Lipinski definition) is 3. The number of para-hydroxylation sites is 1. The fourth-order valence-electron chi connectivity index (χ4n) is 7.29. The van der Waals surface area contributed by atoms with Crippen LogP contribution in [0.2, 0.25) is 0 Å². The molecular weight excluding hydrogens is 444 g/mol. The third kappa shape index (κ3) is 4.74. The summed E-state index contributed by atoms with van der Waals surface area (Å²) < 4.78 is 26.1. The van der Waals surface area contributed by atoms with Gasteiger partial charge in [-0.05, 0) is 104 Å². The van der Waals surface area contributed by atoms with Gasteiger partial charge >= 0.3 is 0 Å². The van der Waals surface area contributed by atoms with Crippen LogP contribution < -0.4 is 9.62 Å². The molecule has 0 saturated heterocycles. The van der Waals surface area contributed by atoms with E-state index in [1.807, 2.05) is 43.3 Å². The van der Waals surface area contributed by atoms with E-state index in [1.165, 1.54) is 54.6 Å². The lowest BCUT2D eigenvalue weighted by Crippen LogP contribution is -2.48. The Morgan fingerprint density at radius 3 is 2.12 bits per heavy atom. The highest BCUT2D eigenvalue weighted by atomic mass is 32.2. The van der Waals surface area contributed by atoms with Crippen LogP contribution in [-0.4, -0.2) is 27.1 Å². The fraction of sp³-hybridized carbons (Fsp3) is 0.536. The van der Waals surface area contributed by atoms with Crippen LogP contribution in [0.25, 0.3) is 0 Å². The zero-order valence-electron chi connectivity index (χ0n) is 20.3. The number of hydrogen-bond donors (Lipinski definition) is 1. The Morgan fingerprint density at radius 1 is 0.971 bits per heavy atom. The minimum atomic E-state index is -3.42. The summed E-state index contributed by atoms with van der Waals surface area (Å²) in [5.41, 5.74) is 4.20. The molecule has 5 nitrogen and oxygen atoms in total. The van der Waals surface area contributed by atoms with E-state index in [9.17, 15) is 13.2 Å². The van der Waals surface area contributed by atoms with Crippen molar-refractivity contribution in [1.82, 2.24) is 0 Å². The Hall–Kier alpha value is -2.34. The van der Waals surface area contributed by atoms with Crippen LogP contribution in [0.1, 0.15) is 62.5 Å². The van der Waals surface area contributed by atoms with Crippen LogP contribution in [0, 0.1) is 24.7 Å². The monoisotopic (exact) mass is 480 g/mol. The summed E-state index contributed by atoms with van der Waals surface area (Å²) in [7, 11) is -3.42. The number of nitrogens with one attached hydrogen (secondary N) is 1. The first-order valence-corrected chi connectivity index (χ1v) is 14.5. The number of sulfonamides is 1. The van der Waals surface area contributed by atoms with Crippen LogP contribution in [0.5, 0.6) is 0 Å². The second-order valence-electron chi connectivity index (χ2n) is 11.0. The Labute approximate surface area is 204 Å². The first-order valence-electron chi connectivity index (χ1n) is 12.7. The minimum Gasteiger partial charge on any atom is -0.326 e. The molecule has 0 spiro atoms. The molecule has 0 radical (unpaired) electrons. The van der Waals surface area contributed by atoms with E-state index < -0.39 is 10.0 Å². The number of carbonyl (C=O) groups excluding carboxylic acids is 1. The summed E-state index contributed by atoms with van der Waals surface area (Å²) in [6.07, 6.45) is 10.3. The van der Waals surface area contributed by atoms with Crippen LogP contribution in [-0.2, 0) is 20.2 Å². The van der Waals surface area contributed by atoms with Crippen molar-refractivity contribution in [3.8, 4) is 0 Å². The summed E-state index contributed by atoms with van der Waals surface area (Å²) in [6.45, 7) is 2.18. The van der Waals surface area contributed by atoms with Crippen molar-refractivity contribution in [1.29, 1.82) is 0 Å². The largest absolute Gasteiger partial charge is 0.326 e. The molecule has 182 valence electrons. The average molecular weight is 481 g/mol. The SMILES string of the molecule is Cc1ccccc1N(CCCC(=O)Nc1ccc(C23CC4CC(CC(C4)C2)C3)cc1)S(C)(=O)=O. The first-order chi connectivity index (χ1) is 16.2. The Kier molecular flexibility index (Phi) is 6.21. The lowest BCUT2D eigenvalue weighted by atomic mass is 9.48. The second kappa shape index (κ2) is 9.03. The Balaban J connectivity index is 1.17. The predicted molar refractivity (Wildman–Crippen MR) is 138 cm³/mol. The van der Waals surface area contributed by atoms with Gasteiger partial charge in [-0.1, -0.05) is 30.3 Å². The van der Waals surface area contributed by atoms with E-state index >= 15 is 0 Å². The van der Waals surface area contributed by atoms with Gasteiger partial charge in [0.2, 0.25) is 15.9 Å². The van der Waals surface area contributed by atoms with Crippen molar-refractivity contribution in [3.63, 3.8) is 0 Å². The van der Waals surface area contributed by atoms with Gasteiger partial charge < -0.3 is 5.32 Å². The van der Waals surface area contributed by atoms with Gasteiger partial charge in [-0.15, -0.1) is 0 Å². The van der Waals surface area contributed by atoms with E-state index in [0.29, 0.717) is 17.5 Å². The smallest absolute Gasteiger partial charge is 0.232 e. The lowest BCUT2D eigenvalue weighted by Gasteiger charge is -2.57. The molecule has 0 atom stereocenters. The number of amides is 1. The van der Waals surface area contributed by atoms with E-state index in [4.69, 9.17) is 0 Å². The molecule has 4 bridgehead atoms. The zero-order chi connectivity index (χ0) is 23.9. The number of rotatable bonds is 8. The molecule has 0 unspecified atom stereocenters. The molecule has 0 aromatic heterocycles. The summed E-state index contributed by atoms with van der Waals surface area (Å²) in [5.74, 6) is 2.66. The minimum absolute atomic E-state index is 0.0826. The van der Waals surface area contributed by atoms with Crippen molar-refractivity contribution in [2.24, 2.45) is 17.8 Å². The van der Waals surface area contributed by atoms with E-state index in [0.717, 1.165) is 29.0 Å². The van der Waals surface area contributed by atoms with Crippen LogP contribution in [0.15, 0.2) is 48.5 Å². The number of carbonyl (C=O) groups is 1. The standard InChI is InChI=1S/C28H36N2O3S/c1-20-6-3-4-7-26(20)30(34(2,32)33)13-5-8-27(31)29-25-11-9-24(10-12-25)28-17-21-14-22(18-28)16-23(15-21)19-28/h3-4,6-7,9-12,21-23H,5,8,13-19H2,1-2H3,(H,29,31). The van der Waals surface area contributed by atoms with Gasteiger partial charge in [0.15, 0.2) is 0 Å². The molecule has 0 heterocycles. The molecule has 34 heavy (non-hydrogen) atoms. The van der Waals surface area contributed by atoms with Gasteiger partial charge in [0.1, 0.15) is 0 Å². The summed E-state index contributed by atoms with van der Waals surface area (Å²) in [5, 5.41) is 3.00. The highest BCUT2D eigenvalue weighted by Gasteiger charge is 2.51. The Morgan fingerprint density at radius 2 is 1.56 bits per heavy atom. The van der Waals surface area contributed by atoms with E-state index in [-0.39, 0.29) is 18.9 Å². The molecule has 2 aromatic carbocycles. The highest BCUT2D eigenvalue weighted by Crippen LogP contribution is 2.60. The van der Waals surface area contributed by atoms with Crippen molar-refractivity contribution >= 4 is 27.3 Å². The average Bonchev–Trinajstić information content (AvgIpc) is 2.76. The maximum Gasteiger partial charge on any atom is 0.232 e. The lowest BCUT2D eigenvalue weighted by molar-refractivity contribution is -0.116. The molecule has 1 amide bonds. The van der Waals surface area contributed by atoms with Crippen LogP contribution in [0.4, 0.5) is 11.4 Å². The molecule has 6 heteroatoms. The van der Waals surface area contributed by atoms with Gasteiger partial charge in [0.05, 0.1) is 11.9 Å². The molecule has 0 aliphatic heterocycles. The quantitative estimate of drug-likeness (QED) is 0.531. The summed E-state index contributed by atoms with van der Waals surface area (Å²) in [6, 6.07) is 16.0. The number of nitrogens with zero attached hydrogens (tertiary/aromatic N) is 1. The van der Waals surface area contributed by atoms with Gasteiger partial charge in [0, 0.05) is 18.7 Å². The summed E-state index contributed by atoms with van der Waals surface area (Å²) in [4.78, 5) is 12.6. The molecule has 6 rings (SSSR count). The normalized spacial score (nSPS) is 27.5. The third-order valence-corrected chi connectivity index (χ3v) is 9.55. The van der Waals surface area contributed by atoms with Gasteiger partial charge in [-0.2, -0.15) is 0 Å². The van der Waals surface area contributed by atoms with E-state index in [2.05, 4.69) is 17.4 Å². The van der Waals surface area contributed by atoms with Crippen molar-refractivity contribution in [3.05, 3.63) is 59.7 Å². The Bertz CT molecular complexity index is 1120. The topological polar surface area (TPSA) is 66.5 Å². The third-order valence-electron chi connectivity index (χ3n) is 8.37. The molecule has 4 saturated carbocycles. The van der Waals surface area contributed by atoms with Crippen molar-refractivity contribution in [2.45, 2.75) is 63.7 Å². The highest BCUT2D eigenvalue weighted by molar-refractivity contribution is 7.92. The van der Waals surface area contributed by atoms with Crippen LogP contribution in [0.3, 0.4) is 0 Å². The number of aryl methyl sites for hydroxylation is 1. The van der Waals surface area contributed by atoms with E-state index in [1.54, 1.807) is 0 Å². The second-order valence-corrected chi connectivity index (χ2v) is 13.0. The van der Waals surface area contributed by atoms with Crippen molar-refractivity contribution < 1.29 is 13.2 Å². The molecular formula is C28H36N2O3S. The first kappa shape index (κ1) is 23.4. The van der Waals surface area contributed by atoms with Crippen LogP contribution >= 0.6 is 0 Å². The maximum absolute atomic E-state index is 12.6. The molecule has 4 aliphatic rings. The number of anilines is 2. The molecule has 1 N–H and O–H groups in total. The molecule has 4 aliphatic carbocycles. The molecule has 4 fully saturated rings. The fourth-order valence-corrected chi connectivity index (χ4v) is 8.31. The maximum atomic E-state index is 12.6. The predicted octanol–water partition coefficient (Wildman–Crippen LogP) is 5.65. The summed E-state index contributed by atoms with van der Waals surface area (Å²) >= 11 is 0. The van der Waals surface area contributed by atoms with Gasteiger partial charge in [0.25, 0.3) is 0 Å². The van der Waals surface area contributed by atoms with Crippen molar-refractivity contribution in [2.75, 3.05) is 22.4 Å². The molecule has 2 aromatic rings. The number of benzene rings is 2.